The number of nitrogens with one attached hydrogen (secondary N) is 1. The van der Waals surface area contributed by atoms with Crippen molar-refractivity contribution in [3.8, 4) is 0 Å². The van der Waals surface area contributed by atoms with Crippen LogP contribution in [0, 0.1) is 5.92 Å². The van der Waals surface area contributed by atoms with Gasteiger partial charge in [-0.25, -0.2) is 4.79 Å². The Labute approximate surface area is 108 Å². The number of hydrogen-bond acceptors (Lipinski definition) is 3. The molecule has 0 aromatic heterocycles. The van der Waals surface area contributed by atoms with Crippen molar-refractivity contribution in [2.75, 3.05) is 20.2 Å². The van der Waals surface area contributed by atoms with E-state index in [0.29, 0.717) is 18.4 Å². The fourth-order valence-corrected chi connectivity index (χ4v) is 3.00. The van der Waals surface area contributed by atoms with E-state index >= 15 is 0 Å². The molecular weight excluding hydrogens is 232 g/mol. The molecular formula is C13H22N2O3. The highest BCUT2D eigenvalue weighted by atomic mass is 16.5. The highest BCUT2D eigenvalue weighted by Gasteiger charge is 2.31. The SMILES string of the molecule is COC(=O)CCC1CCC(N2CCNC2=O)CC1. The van der Waals surface area contributed by atoms with Gasteiger partial charge in [0.25, 0.3) is 0 Å². The molecule has 0 spiro atoms. The maximum atomic E-state index is 11.6. The molecule has 18 heavy (non-hydrogen) atoms. The zero-order valence-corrected chi connectivity index (χ0v) is 11.0. The first-order valence-corrected chi connectivity index (χ1v) is 6.82. The number of amides is 2. The predicted molar refractivity (Wildman–Crippen MR) is 67.1 cm³/mol. The molecule has 0 unspecified atom stereocenters. The lowest BCUT2D eigenvalue weighted by Crippen LogP contribution is -2.40. The number of rotatable bonds is 4. The lowest BCUT2D eigenvalue weighted by molar-refractivity contribution is -0.141. The van der Waals surface area contributed by atoms with Crippen molar-refractivity contribution in [2.24, 2.45) is 5.92 Å². The average Bonchev–Trinajstić information content (AvgIpc) is 2.83. The summed E-state index contributed by atoms with van der Waals surface area (Å²) in [5, 5.41) is 2.85. The van der Waals surface area contributed by atoms with Crippen LogP contribution in [-0.2, 0) is 9.53 Å². The van der Waals surface area contributed by atoms with Crippen molar-refractivity contribution in [3.05, 3.63) is 0 Å². The lowest BCUT2D eigenvalue weighted by Gasteiger charge is -2.33. The molecule has 2 aliphatic rings. The van der Waals surface area contributed by atoms with Gasteiger partial charge in [0, 0.05) is 25.6 Å². The molecule has 5 heteroatoms. The van der Waals surface area contributed by atoms with Gasteiger partial charge in [0.15, 0.2) is 0 Å². The molecule has 5 nitrogen and oxygen atoms in total. The summed E-state index contributed by atoms with van der Waals surface area (Å²) in [7, 11) is 1.44. The van der Waals surface area contributed by atoms with Gasteiger partial charge >= 0.3 is 12.0 Å². The van der Waals surface area contributed by atoms with Crippen LogP contribution in [0.2, 0.25) is 0 Å². The van der Waals surface area contributed by atoms with E-state index in [4.69, 9.17) is 0 Å². The minimum atomic E-state index is -0.115. The number of methoxy groups -OCH3 is 1. The summed E-state index contributed by atoms with van der Waals surface area (Å²) in [6.07, 6.45) is 5.82. The first-order chi connectivity index (χ1) is 8.70. The standard InChI is InChI=1S/C13H22N2O3/c1-18-12(16)7-4-10-2-5-11(6-3-10)15-9-8-14-13(15)17/h10-11H,2-9H2,1H3,(H,14,17). The molecule has 1 aliphatic heterocycles. The maximum Gasteiger partial charge on any atom is 0.317 e. The Hall–Kier alpha value is -1.26. The summed E-state index contributed by atoms with van der Waals surface area (Å²) in [4.78, 5) is 24.6. The van der Waals surface area contributed by atoms with E-state index in [1.54, 1.807) is 0 Å². The van der Waals surface area contributed by atoms with Crippen molar-refractivity contribution in [1.29, 1.82) is 0 Å². The molecule has 1 N–H and O–H groups in total. The average molecular weight is 254 g/mol. The molecule has 2 amide bonds. The Morgan fingerprint density at radius 2 is 2.11 bits per heavy atom. The van der Waals surface area contributed by atoms with Crippen LogP contribution in [0.25, 0.3) is 0 Å². The minimum Gasteiger partial charge on any atom is -0.469 e. The van der Waals surface area contributed by atoms with Crippen LogP contribution in [0.15, 0.2) is 0 Å². The Kier molecular flexibility index (Phi) is 4.44. The van der Waals surface area contributed by atoms with Gasteiger partial charge in [0.05, 0.1) is 7.11 Å². The van der Waals surface area contributed by atoms with Gasteiger partial charge in [-0.2, -0.15) is 0 Å². The number of carbonyl (C=O) groups excluding carboxylic acids is 2. The zero-order chi connectivity index (χ0) is 13.0. The Morgan fingerprint density at radius 3 is 2.67 bits per heavy atom. The molecule has 0 aromatic rings. The normalized spacial score (nSPS) is 28.1. The van der Waals surface area contributed by atoms with Crippen molar-refractivity contribution < 1.29 is 14.3 Å². The van der Waals surface area contributed by atoms with Crippen molar-refractivity contribution >= 4 is 12.0 Å². The molecule has 1 heterocycles. The third-order valence-electron chi connectivity index (χ3n) is 4.13. The number of nitrogens with zero attached hydrogens (tertiary/aromatic N) is 1. The fourth-order valence-electron chi connectivity index (χ4n) is 3.00. The monoisotopic (exact) mass is 254 g/mol. The topological polar surface area (TPSA) is 58.6 Å². The molecule has 0 aromatic carbocycles. The number of hydrogen-bond donors (Lipinski definition) is 1. The van der Waals surface area contributed by atoms with Gasteiger partial charge in [-0.1, -0.05) is 0 Å². The van der Waals surface area contributed by atoms with Crippen LogP contribution in [-0.4, -0.2) is 43.1 Å². The summed E-state index contributed by atoms with van der Waals surface area (Å²) in [5.41, 5.74) is 0. The van der Waals surface area contributed by atoms with Crippen molar-refractivity contribution in [3.63, 3.8) is 0 Å². The van der Waals surface area contributed by atoms with Crippen LogP contribution in [0.5, 0.6) is 0 Å². The Morgan fingerprint density at radius 1 is 1.39 bits per heavy atom. The lowest BCUT2D eigenvalue weighted by atomic mass is 9.83. The molecule has 0 bridgehead atoms. The van der Waals surface area contributed by atoms with Crippen molar-refractivity contribution in [2.45, 2.75) is 44.6 Å². The first-order valence-electron chi connectivity index (χ1n) is 6.82. The summed E-state index contributed by atoms with van der Waals surface area (Å²) in [6, 6.07) is 0.495. The second-order valence-electron chi connectivity index (χ2n) is 5.21. The summed E-state index contributed by atoms with van der Waals surface area (Å²) in [5.74, 6) is 0.502. The van der Waals surface area contributed by atoms with Crippen LogP contribution >= 0.6 is 0 Å². The zero-order valence-electron chi connectivity index (χ0n) is 11.0. The van der Waals surface area contributed by atoms with Gasteiger partial charge in [0.1, 0.15) is 0 Å². The van der Waals surface area contributed by atoms with E-state index in [0.717, 1.165) is 45.2 Å². The van der Waals surface area contributed by atoms with Gasteiger partial charge in [-0.3, -0.25) is 4.79 Å². The van der Waals surface area contributed by atoms with Gasteiger partial charge < -0.3 is 15.0 Å². The molecule has 2 rings (SSSR count). The van der Waals surface area contributed by atoms with Crippen LogP contribution in [0.4, 0.5) is 4.79 Å². The van der Waals surface area contributed by atoms with Crippen LogP contribution in [0.3, 0.4) is 0 Å². The second kappa shape index (κ2) is 6.07. The van der Waals surface area contributed by atoms with E-state index in [2.05, 4.69) is 10.1 Å². The number of esters is 1. The molecule has 2 fully saturated rings. The smallest absolute Gasteiger partial charge is 0.317 e. The number of carbonyl (C=O) groups is 2. The van der Waals surface area contributed by atoms with Gasteiger partial charge in [0.2, 0.25) is 0 Å². The highest BCUT2D eigenvalue weighted by Crippen LogP contribution is 2.31. The van der Waals surface area contributed by atoms with E-state index in [-0.39, 0.29) is 12.0 Å². The third kappa shape index (κ3) is 3.15. The highest BCUT2D eigenvalue weighted by molar-refractivity contribution is 5.76. The fraction of sp³-hybridized carbons (Fsp3) is 0.846. The molecule has 1 saturated heterocycles. The van der Waals surface area contributed by atoms with Crippen LogP contribution < -0.4 is 5.32 Å². The number of urea groups is 1. The van der Waals surface area contributed by atoms with E-state index < -0.39 is 0 Å². The van der Waals surface area contributed by atoms with Crippen molar-refractivity contribution in [1.82, 2.24) is 10.2 Å². The van der Waals surface area contributed by atoms with E-state index in [1.165, 1.54) is 7.11 Å². The van der Waals surface area contributed by atoms with E-state index in [1.807, 2.05) is 4.90 Å². The molecule has 0 radical (unpaired) electrons. The summed E-state index contributed by atoms with van der Waals surface area (Å²) in [6.45, 7) is 1.62. The molecule has 1 aliphatic carbocycles. The third-order valence-corrected chi connectivity index (χ3v) is 4.13. The second-order valence-corrected chi connectivity index (χ2v) is 5.21. The maximum absolute atomic E-state index is 11.6. The van der Waals surface area contributed by atoms with E-state index in [9.17, 15) is 9.59 Å². The minimum absolute atomic E-state index is 0.0908. The first kappa shape index (κ1) is 13.2. The number of ether oxygens (including phenoxy) is 1. The molecule has 1 saturated carbocycles. The molecule has 0 atom stereocenters. The Balaban J connectivity index is 1.71. The van der Waals surface area contributed by atoms with Gasteiger partial charge in [-0.15, -0.1) is 0 Å². The predicted octanol–water partition coefficient (Wildman–Crippen LogP) is 1.52. The van der Waals surface area contributed by atoms with Gasteiger partial charge in [-0.05, 0) is 38.0 Å². The van der Waals surface area contributed by atoms with Crippen LogP contribution in [0.1, 0.15) is 38.5 Å². The molecule has 102 valence electrons. The Bertz CT molecular complexity index is 311. The quantitative estimate of drug-likeness (QED) is 0.774. The summed E-state index contributed by atoms with van der Waals surface area (Å²) < 4.78 is 4.66. The largest absolute Gasteiger partial charge is 0.469 e. The summed E-state index contributed by atoms with van der Waals surface area (Å²) >= 11 is 0.